The summed E-state index contributed by atoms with van der Waals surface area (Å²) in [5.74, 6) is 0.675. The van der Waals surface area contributed by atoms with Gasteiger partial charge >= 0.3 is 0 Å². The lowest BCUT2D eigenvalue weighted by Gasteiger charge is -2.11. The van der Waals surface area contributed by atoms with Crippen molar-refractivity contribution in [1.82, 2.24) is 30.9 Å². The van der Waals surface area contributed by atoms with Gasteiger partial charge in [-0.05, 0) is 26.0 Å². The number of hydrogen-bond donors (Lipinski definition) is 3. The Kier molecular flexibility index (Phi) is 4.46. The molecule has 2 heterocycles. The first kappa shape index (κ1) is 14.2. The number of amides is 1. The number of pyridine rings is 1. The van der Waals surface area contributed by atoms with Crippen LogP contribution in [-0.4, -0.2) is 38.1 Å². The maximum absolute atomic E-state index is 12.1. The summed E-state index contributed by atoms with van der Waals surface area (Å²) >= 11 is 5.90. The maximum Gasteiger partial charge on any atom is 0.252 e. The highest BCUT2D eigenvalue weighted by molar-refractivity contribution is 6.29. The van der Waals surface area contributed by atoms with E-state index < -0.39 is 0 Å². The minimum Gasteiger partial charge on any atom is -0.370 e. The highest BCUT2D eigenvalue weighted by Gasteiger charge is 2.16. The van der Waals surface area contributed by atoms with Crippen LogP contribution >= 0.6 is 11.6 Å². The van der Waals surface area contributed by atoms with Crippen LogP contribution in [0.15, 0.2) is 12.1 Å². The third-order valence-electron chi connectivity index (χ3n) is 2.51. The topological polar surface area (TPSA) is 108 Å². The highest BCUT2D eigenvalue weighted by Crippen LogP contribution is 2.15. The van der Waals surface area contributed by atoms with Crippen molar-refractivity contribution in [3.8, 4) is 0 Å². The van der Waals surface area contributed by atoms with Gasteiger partial charge in [-0.1, -0.05) is 16.8 Å². The second-order valence-electron chi connectivity index (χ2n) is 4.06. The summed E-state index contributed by atoms with van der Waals surface area (Å²) in [6.07, 6.45) is 0. The molecule has 20 heavy (non-hydrogen) atoms. The fourth-order valence-electron chi connectivity index (χ4n) is 1.60. The molecule has 106 valence electrons. The van der Waals surface area contributed by atoms with Gasteiger partial charge in [0.15, 0.2) is 5.82 Å². The number of H-pyrrole nitrogens is 1. The summed E-state index contributed by atoms with van der Waals surface area (Å²) in [6.45, 7) is 4.38. The number of carbonyl (C=O) groups is 1. The summed E-state index contributed by atoms with van der Waals surface area (Å²) in [4.78, 5) is 16.2. The first-order valence-electron chi connectivity index (χ1n) is 6.05. The first-order valence-corrected chi connectivity index (χ1v) is 6.43. The number of nitrogens with one attached hydrogen (secondary N) is 3. The molecule has 0 spiro atoms. The second kappa shape index (κ2) is 6.29. The lowest BCUT2D eigenvalue weighted by atomic mass is 10.2. The Morgan fingerprint density at radius 2 is 2.30 bits per heavy atom. The molecule has 9 heteroatoms. The van der Waals surface area contributed by atoms with Crippen LogP contribution in [0.3, 0.4) is 0 Å². The molecule has 3 N–H and O–H groups in total. The van der Waals surface area contributed by atoms with Gasteiger partial charge < -0.3 is 10.6 Å². The van der Waals surface area contributed by atoms with E-state index in [1.54, 1.807) is 13.0 Å². The summed E-state index contributed by atoms with van der Waals surface area (Å²) < 4.78 is 0. The van der Waals surface area contributed by atoms with E-state index in [9.17, 15) is 4.79 Å². The Hall–Kier alpha value is -2.22. The quantitative estimate of drug-likeness (QED) is 0.715. The molecule has 1 unspecified atom stereocenters. The molecule has 2 rings (SSSR count). The Morgan fingerprint density at radius 1 is 1.50 bits per heavy atom. The fraction of sp³-hybridized carbons (Fsp3) is 0.364. The minimum atomic E-state index is -0.365. The normalized spacial score (nSPS) is 11.9. The van der Waals surface area contributed by atoms with Crippen molar-refractivity contribution in [2.45, 2.75) is 19.9 Å². The van der Waals surface area contributed by atoms with E-state index in [0.29, 0.717) is 23.8 Å². The van der Waals surface area contributed by atoms with Crippen molar-refractivity contribution < 1.29 is 4.79 Å². The van der Waals surface area contributed by atoms with E-state index in [4.69, 9.17) is 11.6 Å². The van der Waals surface area contributed by atoms with Crippen LogP contribution in [0.2, 0.25) is 5.15 Å². The molecule has 0 fully saturated rings. The van der Waals surface area contributed by atoms with Crippen LogP contribution in [0.5, 0.6) is 0 Å². The summed E-state index contributed by atoms with van der Waals surface area (Å²) in [7, 11) is 0. The van der Waals surface area contributed by atoms with Crippen molar-refractivity contribution in [1.29, 1.82) is 0 Å². The number of nitrogens with zero attached hydrogens (tertiary/aromatic N) is 4. The summed E-state index contributed by atoms with van der Waals surface area (Å²) in [5.41, 5.74) is 0.413. The third kappa shape index (κ3) is 3.41. The zero-order valence-electron chi connectivity index (χ0n) is 11.0. The molecule has 0 radical (unpaired) electrons. The molecule has 1 amide bonds. The molecule has 8 nitrogen and oxygen atoms in total. The Labute approximate surface area is 120 Å². The zero-order valence-corrected chi connectivity index (χ0v) is 11.8. The number of halogens is 1. The average Bonchev–Trinajstić information content (AvgIpc) is 2.92. The number of carbonyl (C=O) groups excluding carboxylic acids is 1. The number of hydrogen-bond acceptors (Lipinski definition) is 6. The van der Waals surface area contributed by atoms with Crippen molar-refractivity contribution in [3.63, 3.8) is 0 Å². The largest absolute Gasteiger partial charge is 0.370 e. The van der Waals surface area contributed by atoms with Crippen LogP contribution in [0, 0.1) is 0 Å². The van der Waals surface area contributed by atoms with E-state index >= 15 is 0 Å². The predicted molar refractivity (Wildman–Crippen MR) is 73.5 cm³/mol. The molecule has 1 atom stereocenters. The van der Waals surface area contributed by atoms with Gasteiger partial charge in [0, 0.05) is 12.1 Å². The lowest BCUT2D eigenvalue weighted by molar-refractivity contribution is 0.0938. The molecule has 0 aromatic carbocycles. The first-order chi connectivity index (χ1) is 9.60. The number of aromatic nitrogens is 5. The number of anilines is 1. The van der Waals surface area contributed by atoms with Gasteiger partial charge in [-0.25, -0.2) is 4.98 Å². The van der Waals surface area contributed by atoms with Crippen LogP contribution in [-0.2, 0) is 0 Å². The van der Waals surface area contributed by atoms with Crippen molar-refractivity contribution in [2.24, 2.45) is 0 Å². The SMILES string of the molecule is CCNc1cc(C(=O)NC(C)c2nn[nH]n2)cc(Cl)n1. The Balaban J connectivity index is 2.12. The predicted octanol–water partition coefficient (Wildman–Crippen LogP) is 1.17. The minimum absolute atomic E-state index is 0.251. The van der Waals surface area contributed by atoms with Gasteiger partial charge in [-0.15, -0.1) is 10.2 Å². The zero-order chi connectivity index (χ0) is 14.5. The van der Waals surface area contributed by atoms with E-state index in [1.807, 2.05) is 6.92 Å². The van der Waals surface area contributed by atoms with Crippen LogP contribution in [0.25, 0.3) is 0 Å². The Bertz CT molecular complexity index is 586. The summed E-state index contributed by atoms with van der Waals surface area (Å²) in [5, 5.41) is 19.4. The van der Waals surface area contributed by atoms with Crippen LogP contribution in [0.4, 0.5) is 5.82 Å². The van der Waals surface area contributed by atoms with Crippen molar-refractivity contribution in [3.05, 3.63) is 28.7 Å². The highest BCUT2D eigenvalue weighted by atomic mass is 35.5. The van der Waals surface area contributed by atoms with Gasteiger partial charge in [0.1, 0.15) is 11.0 Å². The van der Waals surface area contributed by atoms with Gasteiger partial charge in [0.25, 0.3) is 5.91 Å². The number of rotatable bonds is 5. The third-order valence-corrected chi connectivity index (χ3v) is 2.70. The molecule has 2 aromatic rings. The molecular formula is C11H14ClN7O. The number of aromatic amines is 1. The molecule has 0 saturated carbocycles. The molecule has 0 aliphatic carbocycles. The van der Waals surface area contributed by atoms with Gasteiger partial charge in [-0.2, -0.15) is 5.21 Å². The average molecular weight is 296 g/mol. The molecule has 0 saturated heterocycles. The van der Waals surface area contributed by atoms with Crippen LogP contribution < -0.4 is 10.6 Å². The monoisotopic (exact) mass is 295 g/mol. The van der Waals surface area contributed by atoms with Gasteiger partial charge in [0.2, 0.25) is 0 Å². The molecule has 0 aliphatic heterocycles. The van der Waals surface area contributed by atoms with E-state index in [0.717, 1.165) is 0 Å². The molecule has 0 aliphatic rings. The standard InChI is InChI=1S/C11H14ClN7O/c1-3-13-9-5-7(4-8(12)15-9)11(20)14-6(2)10-16-18-19-17-10/h4-6H,3H2,1-2H3,(H,13,15)(H,14,20)(H,16,17,18,19). The molecule has 0 bridgehead atoms. The van der Waals surface area contributed by atoms with Crippen molar-refractivity contribution >= 4 is 23.3 Å². The van der Waals surface area contributed by atoms with E-state index in [-0.39, 0.29) is 17.1 Å². The van der Waals surface area contributed by atoms with Crippen molar-refractivity contribution in [2.75, 3.05) is 11.9 Å². The van der Waals surface area contributed by atoms with Gasteiger partial charge in [0.05, 0.1) is 6.04 Å². The fourth-order valence-corrected chi connectivity index (χ4v) is 1.81. The molecular weight excluding hydrogens is 282 g/mol. The smallest absolute Gasteiger partial charge is 0.252 e. The van der Waals surface area contributed by atoms with E-state index in [1.165, 1.54) is 6.07 Å². The van der Waals surface area contributed by atoms with Crippen LogP contribution in [0.1, 0.15) is 36.1 Å². The lowest BCUT2D eigenvalue weighted by Crippen LogP contribution is -2.27. The van der Waals surface area contributed by atoms with E-state index in [2.05, 4.69) is 36.2 Å². The summed E-state index contributed by atoms with van der Waals surface area (Å²) in [6, 6.07) is 2.77. The molecule has 2 aromatic heterocycles. The van der Waals surface area contributed by atoms with Gasteiger partial charge in [-0.3, -0.25) is 4.79 Å². The second-order valence-corrected chi connectivity index (χ2v) is 4.45. The number of tetrazole rings is 1. The Morgan fingerprint density at radius 3 is 2.95 bits per heavy atom. The maximum atomic E-state index is 12.1.